The second kappa shape index (κ2) is 8.32. The zero-order chi connectivity index (χ0) is 19.3. The fourth-order valence-corrected chi connectivity index (χ4v) is 3.07. The summed E-state index contributed by atoms with van der Waals surface area (Å²) < 4.78 is 11.8. The number of hydrogen-bond donors (Lipinski definition) is 0. The van der Waals surface area contributed by atoms with Gasteiger partial charge in [0.1, 0.15) is 17.1 Å². The van der Waals surface area contributed by atoms with Gasteiger partial charge in [-0.25, -0.2) is 4.99 Å². The third-order valence-corrected chi connectivity index (χ3v) is 4.59. The van der Waals surface area contributed by atoms with Gasteiger partial charge in [0.25, 0.3) is 0 Å². The molecule has 4 aromatic rings. The molecule has 0 saturated heterocycles. The Morgan fingerprint density at radius 3 is 2.43 bits per heavy atom. The molecule has 1 heterocycles. The fraction of sp³-hybridized carbons (Fsp3) is 0.125. The zero-order valence-corrected chi connectivity index (χ0v) is 16.3. The maximum Gasteiger partial charge on any atom is 0.136 e. The lowest BCUT2D eigenvalue weighted by Crippen LogP contribution is -2.03. The number of para-hydroxylation sites is 1. The third kappa shape index (κ3) is 4.10. The highest BCUT2D eigenvalue weighted by Gasteiger charge is 2.06. The van der Waals surface area contributed by atoms with Crippen LogP contribution in [0.3, 0.4) is 0 Å². The first-order valence-corrected chi connectivity index (χ1v) is 9.67. The van der Waals surface area contributed by atoms with E-state index in [9.17, 15) is 0 Å². The molecule has 0 amide bonds. The number of fused-ring (bicyclic) bond motifs is 1. The molecule has 0 fully saturated rings. The molecule has 28 heavy (non-hydrogen) atoms. The maximum atomic E-state index is 6.11. The van der Waals surface area contributed by atoms with Crippen molar-refractivity contribution in [2.75, 3.05) is 6.61 Å². The van der Waals surface area contributed by atoms with Crippen molar-refractivity contribution >= 4 is 28.3 Å². The molecule has 0 spiro atoms. The van der Waals surface area contributed by atoms with Crippen LogP contribution in [0.2, 0.25) is 5.02 Å². The minimum Gasteiger partial charge on any atom is -0.494 e. The number of halogens is 1. The van der Waals surface area contributed by atoms with Gasteiger partial charge in [-0.1, -0.05) is 30.7 Å². The molecule has 0 N–H and O–H groups in total. The summed E-state index contributed by atoms with van der Waals surface area (Å²) in [4.78, 5) is 4.85. The van der Waals surface area contributed by atoms with Gasteiger partial charge < -0.3 is 9.15 Å². The van der Waals surface area contributed by atoms with Crippen molar-refractivity contribution in [3.63, 3.8) is 0 Å². The van der Waals surface area contributed by atoms with E-state index in [1.165, 1.54) is 0 Å². The molecular formula is C24H20ClNO2. The van der Waals surface area contributed by atoms with Crippen molar-refractivity contribution in [2.45, 2.75) is 13.3 Å². The summed E-state index contributed by atoms with van der Waals surface area (Å²) in [5.41, 5.74) is 2.61. The van der Waals surface area contributed by atoms with Gasteiger partial charge in [0.05, 0.1) is 17.7 Å². The molecule has 4 rings (SSSR count). The van der Waals surface area contributed by atoms with E-state index in [0.717, 1.165) is 45.5 Å². The molecule has 3 aromatic carbocycles. The minimum atomic E-state index is 0.694. The summed E-state index contributed by atoms with van der Waals surface area (Å²) in [5, 5.41) is 2.51. The van der Waals surface area contributed by atoms with Crippen molar-refractivity contribution in [1.82, 2.24) is 0 Å². The number of ether oxygens (including phenoxy) is 1. The number of benzene rings is 3. The van der Waals surface area contributed by atoms with Gasteiger partial charge >= 0.3 is 0 Å². The lowest BCUT2D eigenvalue weighted by Gasteiger charge is -2.06. The summed E-state index contributed by atoms with van der Waals surface area (Å²) in [6, 6.07) is 25.3. The number of nitrogens with zero attached hydrogens (tertiary/aromatic N) is 1. The second-order valence-corrected chi connectivity index (χ2v) is 6.89. The Balaban J connectivity index is 1.80. The molecule has 4 heteroatoms. The van der Waals surface area contributed by atoms with Crippen LogP contribution in [0.4, 0.5) is 5.69 Å². The monoisotopic (exact) mass is 389 g/mol. The van der Waals surface area contributed by atoms with Gasteiger partial charge in [-0.2, -0.15) is 0 Å². The Kier molecular flexibility index (Phi) is 5.45. The molecule has 0 aliphatic rings. The largest absolute Gasteiger partial charge is 0.494 e. The molecule has 1 aromatic heterocycles. The van der Waals surface area contributed by atoms with Crippen molar-refractivity contribution < 1.29 is 9.15 Å². The molecule has 0 aliphatic heterocycles. The van der Waals surface area contributed by atoms with E-state index in [2.05, 4.69) is 6.92 Å². The van der Waals surface area contributed by atoms with Gasteiger partial charge in [-0.05, 0) is 67.1 Å². The van der Waals surface area contributed by atoms with Crippen LogP contribution in [-0.2, 0) is 0 Å². The van der Waals surface area contributed by atoms with Crippen LogP contribution >= 0.6 is 11.6 Å². The highest BCUT2D eigenvalue weighted by Crippen LogP contribution is 2.24. The maximum absolute atomic E-state index is 6.11. The number of hydrogen-bond acceptors (Lipinski definition) is 3. The molecule has 3 nitrogen and oxygen atoms in total. The topological polar surface area (TPSA) is 34.7 Å². The fourth-order valence-electron chi connectivity index (χ4n) is 2.94. The Hall–Kier alpha value is -3.04. The Morgan fingerprint density at radius 2 is 1.68 bits per heavy atom. The first-order chi connectivity index (χ1) is 13.7. The third-order valence-electron chi connectivity index (χ3n) is 4.34. The van der Waals surface area contributed by atoms with E-state index in [-0.39, 0.29) is 0 Å². The molecule has 0 saturated carbocycles. The molecule has 140 valence electrons. The average Bonchev–Trinajstić information content (AvgIpc) is 2.74. The van der Waals surface area contributed by atoms with Crippen LogP contribution in [0.1, 0.15) is 13.3 Å². The molecule has 0 unspecified atom stereocenters. The van der Waals surface area contributed by atoms with Crippen LogP contribution in [0.15, 0.2) is 88.3 Å². The first-order valence-electron chi connectivity index (χ1n) is 9.29. The minimum absolute atomic E-state index is 0.694. The normalized spacial score (nSPS) is 11.7. The Morgan fingerprint density at radius 1 is 0.929 bits per heavy atom. The molecule has 0 aliphatic carbocycles. The molecule has 0 radical (unpaired) electrons. The van der Waals surface area contributed by atoms with Crippen LogP contribution < -0.4 is 10.1 Å². The van der Waals surface area contributed by atoms with Gasteiger partial charge in [0.2, 0.25) is 0 Å². The smallest absolute Gasteiger partial charge is 0.136 e. The quantitative estimate of drug-likeness (QED) is 0.377. The highest BCUT2D eigenvalue weighted by atomic mass is 35.5. The summed E-state index contributed by atoms with van der Waals surface area (Å²) in [6.45, 7) is 2.80. The van der Waals surface area contributed by atoms with E-state index in [1.54, 1.807) is 0 Å². The summed E-state index contributed by atoms with van der Waals surface area (Å²) in [5.74, 6) is 1.60. The van der Waals surface area contributed by atoms with Gasteiger partial charge in [-0.15, -0.1) is 0 Å². The van der Waals surface area contributed by atoms with Gasteiger partial charge in [0, 0.05) is 22.0 Å². The van der Waals surface area contributed by atoms with Crippen molar-refractivity contribution in [1.29, 1.82) is 0 Å². The van der Waals surface area contributed by atoms with Crippen LogP contribution in [0.25, 0.3) is 22.3 Å². The molecular weight excluding hydrogens is 370 g/mol. The van der Waals surface area contributed by atoms with Gasteiger partial charge in [-0.3, -0.25) is 0 Å². The van der Waals surface area contributed by atoms with E-state index in [4.69, 9.17) is 25.7 Å². The SMILES string of the molecule is CCCOc1ccc(N=c2cc(-c3ccc(Cl)cc3)oc3ccccc23)cc1. The molecule has 0 atom stereocenters. The standard InChI is InChI=1S/C24H20ClNO2/c1-2-15-27-20-13-11-19(12-14-20)26-22-16-24(17-7-9-18(25)10-8-17)28-23-6-4-3-5-21(22)23/h3-14,16H,2,15H2,1H3. The number of rotatable bonds is 5. The zero-order valence-electron chi connectivity index (χ0n) is 15.6. The Labute approximate surface area is 168 Å². The van der Waals surface area contributed by atoms with Crippen LogP contribution in [-0.4, -0.2) is 6.61 Å². The lowest BCUT2D eigenvalue weighted by atomic mass is 10.1. The second-order valence-electron chi connectivity index (χ2n) is 6.45. The summed E-state index contributed by atoms with van der Waals surface area (Å²) in [6.07, 6.45) is 0.985. The Bertz CT molecular complexity index is 1150. The highest BCUT2D eigenvalue weighted by molar-refractivity contribution is 6.30. The molecule has 0 bridgehead atoms. The predicted molar refractivity (Wildman–Crippen MR) is 114 cm³/mol. The lowest BCUT2D eigenvalue weighted by molar-refractivity contribution is 0.317. The van der Waals surface area contributed by atoms with Crippen molar-refractivity contribution in [2.24, 2.45) is 4.99 Å². The average molecular weight is 390 g/mol. The van der Waals surface area contributed by atoms with Crippen LogP contribution in [0.5, 0.6) is 5.75 Å². The predicted octanol–water partition coefficient (Wildman–Crippen LogP) is 6.77. The van der Waals surface area contributed by atoms with E-state index in [1.807, 2.05) is 78.9 Å². The van der Waals surface area contributed by atoms with Gasteiger partial charge in [0.15, 0.2) is 0 Å². The summed E-state index contributed by atoms with van der Waals surface area (Å²) in [7, 11) is 0. The van der Waals surface area contributed by atoms with Crippen LogP contribution in [0, 0.1) is 0 Å². The van der Waals surface area contributed by atoms with E-state index < -0.39 is 0 Å². The first kappa shape index (κ1) is 18.3. The van der Waals surface area contributed by atoms with E-state index in [0.29, 0.717) is 11.6 Å². The van der Waals surface area contributed by atoms with E-state index >= 15 is 0 Å². The van der Waals surface area contributed by atoms with Crippen molar-refractivity contribution in [3.8, 4) is 17.1 Å². The van der Waals surface area contributed by atoms with Crippen molar-refractivity contribution in [3.05, 3.63) is 89.2 Å². The summed E-state index contributed by atoms with van der Waals surface area (Å²) >= 11 is 6.02.